The van der Waals surface area contributed by atoms with Crippen LogP contribution in [0.5, 0.6) is 0 Å². The number of hydrogen-bond acceptors (Lipinski definition) is 5. The molecular weight excluding hydrogens is 252 g/mol. The minimum atomic E-state index is -0.619. The van der Waals surface area contributed by atoms with E-state index in [0.29, 0.717) is 0 Å². The third-order valence-corrected chi connectivity index (χ3v) is 2.79. The number of aliphatic hydroxyl groups excluding tert-OH is 1. The molecule has 0 saturated carbocycles. The van der Waals surface area contributed by atoms with E-state index >= 15 is 0 Å². The second kappa shape index (κ2) is 4.52. The Bertz CT molecular complexity index is 620. The summed E-state index contributed by atoms with van der Waals surface area (Å²) in [7, 11) is 1.44. The molecule has 1 saturated heterocycles. The van der Waals surface area contributed by atoms with Crippen LogP contribution < -0.4 is 0 Å². The number of non-ortho nitro benzene ring substituents is 1. The van der Waals surface area contributed by atoms with Crippen molar-refractivity contribution in [3.05, 3.63) is 45.5 Å². The highest BCUT2D eigenvalue weighted by Crippen LogP contribution is 2.24. The molecule has 0 radical (unpaired) electrons. The molecule has 1 amide bonds. The van der Waals surface area contributed by atoms with Gasteiger partial charge in [-0.25, -0.2) is 0 Å². The van der Waals surface area contributed by atoms with Gasteiger partial charge in [0.25, 0.3) is 11.6 Å². The van der Waals surface area contributed by atoms with Crippen molar-refractivity contribution in [2.24, 2.45) is 0 Å². The summed E-state index contributed by atoms with van der Waals surface area (Å²) in [5.41, 5.74) is -0.486. The molecule has 0 spiro atoms. The summed E-state index contributed by atoms with van der Waals surface area (Å²) in [6.45, 7) is -0.104. The number of amides is 1. The van der Waals surface area contributed by atoms with Crippen molar-refractivity contribution >= 4 is 23.1 Å². The normalized spacial score (nSPS) is 17.8. The van der Waals surface area contributed by atoms with E-state index in [1.54, 1.807) is 0 Å². The maximum Gasteiger partial charge on any atom is 0.270 e. The van der Waals surface area contributed by atoms with Gasteiger partial charge >= 0.3 is 0 Å². The number of benzene rings is 1. The predicted octanol–water partition coefficient (Wildman–Crippen LogP) is 0.905. The first-order valence-corrected chi connectivity index (χ1v) is 5.38. The van der Waals surface area contributed by atoms with Crippen LogP contribution >= 0.6 is 0 Å². The van der Waals surface area contributed by atoms with Crippen molar-refractivity contribution in [1.82, 2.24) is 4.90 Å². The zero-order valence-electron chi connectivity index (χ0n) is 9.99. The second-order valence-electron chi connectivity index (χ2n) is 4.12. The van der Waals surface area contributed by atoms with E-state index in [1.165, 1.54) is 30.1 Å². The van der Waals surface area contributed by atoms with E-state index in [4.69, 9.17) is 0 Å². The molecular formula is C12H10N2O5. The molecule has 7 nitrogen and oxygen atoms in total. The van der Waals surface area contributed by atoms with Crippen molar-refractivity contribution in [1.29, 1.82) is 0 Å². The lowest BCUT2D eigenvalue weighted by Crippen LogP contribution is -2.19. The van der Waals surface area contributed by atoms with Crippen LogP contribution in [0.1, 0.15) is 5.56 Å². The van der Waals surface area contributed by atoms with Crippen LogP contribution in [0.4, 0.5) is 5.69 Å². The SMILES string of the molecule is CN1CC(=O)/C(=C(/O)c2cccc([N+](=O)[O-])c2)C1=O. The molecule has 0 aromatic heterocycles. The Morgan fingerprint density at radius 1 is 1.42 bits per heavy atom. The summed E-state index contributed by atoms with van der Waals surface area (Å²) < 4.78 is 0. The number of aliphatic hydroxyl groups is 1. The third kappa shape index (κ3) is 2.17. The van der Waals surface area contributed by atoms with Crippen LogP contribution in [0.15, 0.2) is 29.8 Å². The first-order valence-electron chi connectivity index (χ1n) is 5.38. The fraction of sp³-hybridized carbons (Fsp3) is 0.167. The predicted molar refractivity (Wildman–Crippen MR) is 65.3 cm³/mol. The molecule has 0 aliphatic carbocycles. The number of ketones is 1. The lowest BCUT2D eigenvalue weighted by atomic mass is 10.1. The summed E-state index contributed by atoms with van der Waals surface area (Å²) in [5, 5.41) is 20.6. The topological polar surface area (TPSA) is 101 Å². The molecule has 1 heterocycles. The zero-order chi connectivity index (χ0) is 14.2. The molecule has 1 N–H and O–H groups in total. The van der Waals surface area contributed by atoms with Gasteiger partial charge in [-0.15, -0.1) is 0 Å². The number of nitro benzene ring substituents is 1. The Morgan fingerprint density at radius 2 is 2.11 bits per heavy atom. The summed E-state index contributed by atoms with van der Waals surface area (Å²) in [6.07, 6.45) is 0. The smallest absolute Gasteiger partial charge is 0.270 e. The molecule has 7 heteroatoms. The van der Waals surface area contributed by atoms with Gasteiger partial charge < -0.3 is 10.0 Å². The average molecular weight is 262 g/mol. The highest BCUT2D eigenvalue weighted by atomic mass is 16.6. The lowest BCUT2D eigenvalue weighted by Gasteiger charge is -2.05. The Kier molecular flexibility index (Phi) is 3.04. The third-order valence-electron chi connectivity index (χ3n) is 2.79. The number of likely N-dealkylation sites (tertiary alicyclic amines) is 1. The van der Waals surface area contributed by atoms with Crippen molar-refractivity contribution < 1.29 is 19.6 Å². The van der Waals surface area contributed by atoms with Crippen LogP contribution in [0.3, 0.4) is 0 Å². The second-order valence-corrected chi connectivity index (χ2v) is 4.12. The monoisotopic (exact) mass is 262 g/mol. The molecule has 0 unspecified atom stereocenters. The van der Waals surface area contributed by atoms with Crippen LogP contribution in [-0.2, 0) is 9.59 Å². The number of nitro groups is 1. The largest absolute Gasteiger partial charge is 0.506 e. The fourth-order valence-electron chi connectivity index (χ4n) is 1.82. The number of carbonyl (C=O) groups excluding carboxylic acids is 2. The summed E-state index contributed by atoms with van der Waals surface area (Å²) in [5.74, 6) is -1.62. The summed E-state index contributed by atoms with van der Waals surface area (Å²) in [6, 6.07) is 5.14. The first kappa shape index (κ1) is 12.7. The average Bonchev–Trinajstić information content (AvgIpc) is 2.62. The van der Waals surface area contributed by atoms with Crippen molar-refractivity contribution in [3.63, 3.8) is 0 Å². The van der Waals surface area contributed by atoms with Gasteiger partial charge in [0.15, 0.2) is 5.78 Å². The molecule has 19 heavy (non-hydrogen) atoms. The van der Waals surface area contributed by atoms with Gasteiger partial charge in [-0.05, 0) is 0 Å². The molecule has 1 aromatic carbocycles. The molecule has 1 aliphatic heterocycles. The van der Waals surface area contributed by atoms with Crippen molar-refractivity contribution in [2.45, 2.75) is 0 Å². The van der Waals surface area contributed by atoms with E-state index in [-0.39, 0.29) is 23.4 Å². The minimum Gasteiger partial charge on any atom is -0.506 e. The maximum atomic E-state index is 11.7. The number of likely N-dealkylation sites (N-methyl/N-ethyl adjacent to an activating group) is 1. The van der Waals surface area contributed by atoms with Crippen LogP contribution in [0.2, 0.25) is 0 Å². The van der Waals surface area contributed by atoms with Gasteiger partial charge in [0, 0.05) is 24.7 Å². The number of nitrogens with zero attached hydrogens (tertiary/aromatic N) is 2. The van der Waals surface area contributed by atoms with Crippen LogP contribution in [0.25, 0.3) is 5.76 Å². The quantitative estimate of drug-likeness (QED) is 0.280. The molecule has 1 aliphatic rings. The fourth-order valence-corrected chi connectivity index (χ4v) is 1.82. The summed E-state index contributed by atoms with van der Waals surface area (Å²) >= 11 is 0. The van der Waals surface area contributed by atoms with Crippen molar-refractivity contribution in [3.8, 4) is 0 Å². The van der Waals surface area contributed by atoms with Crippen molar-refractivity contribution in [2.75, 3.05) is 13.6 Å². The van der Waals surface area contributed by atoms with E-state index in [1.807, 2.05) is 0 Å². The Labute approximate surface area is 107 Å². The molecule has 0 atom stereocenters. The van der Waals surface area contributed by atoms with Gasteiger partial charge in [-0.2, -0.15) is 0 Å². The Balaban J connectivity index is 2.52. The van der Waals surface area contributed by atoms with E-state index < -0.39 is 22.4 Å². The Hall–Kier alpha value is -2.70. The molecule has 98 valence electrons. The number of Topliss-reactive ketones (excluding diaryl/α,β-unsaturated/α-hetero) is 1. The Morgan fingerprint density at radius 3 is 2.63 bits per heavy atom. The van der Waals surface area contributed by atoms with Gasteiger partial charge in [-0.1, -0.05) is 12.1 Å². The number of rotatable bonds is 2. The molecule has 2 rings (SSSR count). The zero-order valence-corrected chi connectivity index (χ0v) is 9.99. The van der Waals surface area contributed by atoms with E-state index in [9.17, 15) is 24.8 Å². The van der Waals surface area contributed by atoms with E-state index in [0.717, 1.165) is 6.07 Å². The highest BCUT2D eigenvalue weighted by Gasteiger charge is 2.34. The van der Waals surface area contributed by atoms with Gasteiger partial charge in [0.2, 0.25) is 0 Å². The minimum absolute atomic E-state index is 0.0706. The van der Waals surface area contributed by atoms with Crippen LogP contribution in [-0.4, -0.2) is 40.2 Å². The lowest BCUT2D eigenvalue weighted by molar-refractivity contribution is -0.384. The summed E-state index contributed by atoms with van der Waals surface area (Å²) in [4.78, 5) is 34.5. The van der Waals surface area contributed by atoms with Gasteiger partial charge in [0.1, 0.15) is 11.3 Å². The molecule has 1 aromatic rings. The standard InChI is InChI=1S/C12H10N2O5/c1-13-6-9(15)10(12(13)17)11(16)7-3-2-4-8(5-7)14(18)19/h2-5,16H,6H2,1H3/b11-10-. The number of hydrogen-bond donors (Lipinski definition) is 1. The highest BCUT2D eigenvalue weighted by molar-refractivity contribution is 6.28. The van der Waals surface area contributed by atoms with Gasteiger partial charge in [0.05, 0.1) is 11.5 Å². The van der Waals surface area contributed by atoms with E-state index in [2.05, 4.69) is 0 Å². The molecule has 1 fully saturated rings. The maximum absolute atomic E-state index is 11.7. The first-order chi connectivity index (χ1) is 8.91. The van der Waals surface area contributed by atoms with Gasteiger partial charge in [-0.3, -0.25) is 19.7 Å². The number of carbonyl (C=O) groups is 2. The molecule has 0 bridgehead atoms. The van der Waals surface area contributed by atoms with Crippen LogP contribution in [0, 0.1) is 10.1 Å².